The summed E-state index contributed by atoms with van der Waals surface area (Å²) in [6.45, 7) is 0.0281. The largest absolute Gasteiger partial charge is 0.323 e. The Bertz CT molecular complexity index is 715. The van der Waals surface area contributed by atoms with Gasteiger partial charge < -0.3 is 10.2 Å². The minimum absolute atomic E-state index is 0.0281. The molecule has 1 aliphatic heterocycles. The summed E-state index contributed by atoms with van der Waals surface area (Å²) in [7, 11) is 0. The van der Waals surface area contributed by atoms with Crippen LogP contribution in [0, 0.1) is 0 Å². The molecule has 21 heavy (non-hydrogen) atoms. The standard InChI is InChI=1S/C16H13ClN2O2/c17-12-6-2-1-5-11(12)9-16(21)19-10-15(20)18-13-7-3-4-8-14(13)19/h1-8H,9-10H2,(H,18,20). The van der Waals surface area contributed by atoms with E-state index in [1.807, 2.05) is 36.4 Å². The van der Waals surface area contributed by atoms with E-state index in [0.717, 1.165) is 5.56 Å². The third-order valence-corrected chi connectivity index (χ3v) is 3.74. The first-order valence-corrected chi connectivity index (χ1v) is 6.95. The Morgan fingerprint density at radius 3 is 2.67 bits per heavy atom. The molecule has 5 heteroatoms. The van der Waals surface area contributed by atoms with Crippen LogP contribution in [0.4, 0.5) is 11.4 Å². The summed E-state index contributed by atoms with van der Waals surface area (Å²) in [6, 6.07) is 14.5. The van der Waals surface area contributed by atoms with E-state index < -0.39 is 0 Å². The lowest BCUT2D eigenvalue weighted by atomic mass is 10.1. The Morgan fingerprint density at radius 2 is 1.86 bits per heavy atom. The number of carbonyl (C=O) groups is 2. The van der Waals surface area contributed by atoms with Gasteiger partial charge in [-0.25, -0.2) is 0 Å². The second kappa shape index (κ2) is 5.58. The molecule has 106 valence electrons. The number of carbonyl (C=O) groups excluding carboxylic acids is 2. The molecule has 0 fully saturated rings. The fourth-order valence-electron chi connectivity index (χ4n) is 2.36. The number of hydrogen-bond donors (Lipinski definition) is 1. The molecule has 4 nitrogen and oxygen atoms in total. The van der Waals surface area contributed by atoms with E-state index in [9.17, 15) is 9.59 Å². The van der Waals surface area contributed by atoms with E-state index >= 15 is 0 Å². The quantitative estimate of drug-likeness (QED) is 0.927. The van der Waals surface area contributed by atoms with E-state index in [-0.39, 0.29) is 24.8 Å². The minimum Gasteiger partial charge on any atom is -0.323 e. The van der Waals surface area contributed by atoms with Crippen molar-refractivity contribution in [2.75, 3.05) is 16.8 Å². The number of para-hydroxylation sites is 2. The lowest BCUT2D eigenvalue weighted by Crippen LogP contribution is -2.42. The summed E-state index contributed by atoms with van der Waals surface area (Å²) in [6.07, 6.45) is 0.168. The van der Waals surface area contributed by atoms with Gasteiger partial charge in [-0.3, -0.25) is 9.59 Å². The molecular weight excluding hydrogens is 288 g/mol. The van der Waals surface area contributed by atoms with E-state index in [4.69, 9.17) is 11.6 Å². The van der Waals surface area contributed by atoms with Crippen LogP contribution >= 0.6 is 11.6 Å². The lowest BCUT2D eigenvalue weighted by molar-refractivity contribution is -0.121. The number of hydrogen-bond acceptors (Lipinski definition) is 2. The van der Waals surface area contributed by atoms with Gasteiger partial charge in [-0.15, -0.1) is 0 Å². The first-order valence-electron chi connectivity index (χ1n) is 6.58. The number of nitrogens with zero attached hydrogens (tertiary/aromatic N) is 1. The second-order valence-corrected chi connectivity index (χ2v) is 5.22. The molecule has 0 aromatic heterocycles. The summed E-state index contributed by atoms with van der Waals surface area (Å²) in [5, 5.41) is 3.32. The van der Waals surface area contributed by atoms with Gasteiger partial charge in [0.1, 0.15) is 6.54 Å². The monoisotopic (exact) mass is 300 g/mol. The van der Waals surface area contributed by atoms with Gasteiger partial charge in [-0.05, 0) is 23.8 Å². The van der Waals surface area contributed by atoms with Crippen molar-refractivity contribution in [3.05, 3.63) is 59.1 Å². The van der Waals surface area contributed by atoms with Gasteiger partial charge in [0.25, 0.3) is 0 Å². The summed E-state index contributed by atoms with van der Waals surface area (Å²) >= 11 is 6.09. The van der Waals surface area contributed by atoms with Crippen molar-refractivity contribution < 1.29 is 9.59 Å². The average Bonchev–Trinajstić information content (AvgIpc) is 2.48. The zero-order valence-electron chi connectivity index (χ0n) is 11.2. The van der Waals surface area contributed by atoms with Crippen LogP contribution in [0.3, 0.4) is 0 Å². The van der Waals surface area contributed by atoms with Gasteiger partial charge in [0.2, 0.25) is 11.8 Å². The summed E-state index contributed by atoms with van der Waals surface area (Å²) in [4.78, 5) is 25.7. The Balaban J connectivity index is 1.88. The van der Waals surface area contributed by atoms with E-state index in [2.05, 4.69) is 5.32 Å². The first kappa shape index (κ1) is 13.6. The molecule has 0 unspecified atom stereocenters. The van der Waals surface area contributed by atoms with Crippen molar-refractivity contribution in [3.8, 4) is 0 Å². The molecule has 0 radical (unpaired) electrons. The third kappa shape index (κ3) is 2.76. The number of rotatable bonds is 2. The zero-order chi connectivity index (χ0) is 14.8. The third-order valence-electron chi connectivity index (χ3n) is 3.37. The fraction of sp³-hybridized carbons (Fsp3) is 0.125. The minimum atomic E-state index is -0.193. The summed E-state index contributed by atoms with van der Waals surface area (Å²) in [5.74, 6) is -0.341. The molecule has 2 aromatic rings. The van der Waals surface area contributed by atoms with Crippen LogP contribution in [0.1, 0.15) is 5.56 Å². The van der Waals surface area contributed by atoms with E-state index in [0.29, 0.717) is 16.4 Å². The van der Waals surface area contributed by atoms with Crippen LogP contribution < -0.4 is 10.2 Å². The summed E-state index contributed by atoms with van der Waals surface area (Å²) in [5.41, 5.74) is 2.13. The molecule has 2 aromatic carbocycles. The van der Waals surface area contributed by atoms with Crippen molar-refractivity contribution in [2.24, 2.45) is 0 Å². The number of nitrogens with one attached hydrogen (secondary N) is 1. The van der Waals surface area contributed by atoms with Crippen LogP contribution in [0.2, 0.25) is 5.02 Å². The normalized spacial score (nSPS) is 13.6. The predicted octanol–water partition coefficient (Wildman–Crippen LogP) is 2.87. The molecule has 2 amide bonds. The maximum absolute atomic E-state index is 12.5. The highest BCUT2D eigenvalue weighted by atomic mass is 35.5. The number of fused-ring (bicyclic) bond motifs is 1. The summed E-state index contributed by atoms with van der Waals surface area (Å²) < 4.78 is 0. The molecule has 1 N–H and O–H groups in total. The van der Waals surface area contributed by atoms with Crippen LogP contribution in [-0.4, -0.2) is 18.4 Å². The number of benzene rings is 2. The molecule has 1 aliphatic rings. The van der Waals surface area contributed by atoms with Crippen molar-refractivity contribution in [2.45, 2.75) is 6.42 Å². The van der Waals surface area contributed by atoms with Crippen molar-refractivity contribution in [1.82, 2.24) is 0 Å². The van der Waals surface area contributed by atoms with Gasteiger partial charge in [0.05, 0.1) is 17.8 Å². The number of amides is 2. The molecule has 0 atom stereocenters. The average molecular weight is 301 g/mol. The van der Waals surface area contributed by atoms with Crippen LogP contribution in [0.25, 0.3) is 0 Å². The van der Waals surface area contributed by atoms with Crippen molar-refractivity contribution in [1.29, 1.82) is 0 Å². The molecule has 0 saturated heterocycles. The van der Waals surface area contributed by atoms with Crippen molar-refractivity contribution >= 4 is 34.8 Å². The van der Waals surface area contributed by atoms with Gasteiger partial charge in [0, 0.05) is 5.02 Å². The van der Waals surface area contributed by atoms with Crippen LogP contribution in [0.5, 0.6) is 0 Å². The Hall–Kier alpha value is -2.33. The first-order chi connectivity index (χ1) is 10.1. The number of anilines is 2. The molecule has 1 heterocycles. The Labute approximate surface area is 127 Å². The van der Waals surface area contributed by atoms with Gasteiger partial charge in [0.15, 0.2) is 0 Å². The smallest absolute Gasteiger partial charge is 0.244 e. The highest BCUT2D eigenvalue weighted by Gasteiger charge is 2.26. The predicted molar refractivity (Wildman–Crippen MR) is 82.6 cm³/mol. The fourth-order valence-corrected chi connectivity index (χ4v) is 2.56. The lowest BCUT2D eigenvalue weighted by Gasteiger charge is -2.29. The topological polar surface area (TPSA) is 49.4 Å². The highest BCUT2D eigenvalue weighted by Crippen LogP contribution is 2.29. The second-order valence-electron chi connectivity index (χ2n) is 4.81. The van der Waals surface area contributed by atoms with Crippen molar-refractivity contribution in [3.63, 3.8) is 0 Å². The molecule has 0 saturated carbocycles. The molecule has 0 aliphatic carbocycles. The maximum Gasteiger partial charge on any atom is 0.244 e. The number of halogens is 1. The van der Waals surface area contributed by atoms with Gasteiger partial charge >= 0.3 is 0 Å². The van der Waals surface area contributed by atoms with E-state index in [1.54, 1.807) is 12.1 Å². The van der Waals surface area contributed by atoms with E-state index in [1.165, 1.54) is 4.90 Å². The van der Waals surface area contributed by atoms with Gasteiger partial charge in [-0.2, -0.15) is 0 Å². The van der Waals surface area contributed by atoms with Gasteiger partial charge in [-0.1, -0.05) is 41.9 Å². The molecule has 3 rings (SSSR count). The molecule has 0 bridgehead atoms. The Kier molecular flexibility index (Phi) is 3.62. The van der Waals surface area contributed by atoms with Crippen LogP contribution in [-0.2, 0) is 16.0 Å². The zero-order valence-corrected chi connectivity index (χ0v) is 11.9. The highest BCUT2D eigenvalue weighted by molar-refractivity contribution is 6.31. The molecular formula is C16H13ClN2O2. The van der Waals surface area contributed by atoms with Crippen LogP contribution in [0.15, 0.2) is 48.5 Å². The molecule has 0 spiro atoms. The Morgan fingerprint density at radius 1 is 1.14 bits per heavy atom. The SMILES string of the molecule is O=C1CN(C(=O)Cc2ccccc2Cl)c2ccccc2N1. The maximum atomic E-state index is 12.5.